The quantitative estimate of drug-likeness (QED) is 0.646. The summed E-state index contributed by atoms with van der Waals surface area (Å²) in [4.78, 5) is 0. The van der Waals surface area contributed by atoms with Crippen molar-refractivity contribution in [3.63, 3.8) is 0 Å². The second kappa shape index (κ2) is 5.46. The largest absolute Gasteiger partial charge is 0.278 e. The normalized spacial score (nSPS) is 10.7. The van der Waals surface area contributed by atoms with E-state index in [1.165, 1.54) is 12.1 Å². The fourth-order valence-corrected chi connectivity index (χ4v) is 1.48. The Labute approximate surface area is 104 Å². The molecule has 2 aromatic carbocycles. The Morgan fingerprint density at radius 3 is 2.59 bits per heavy atom. The van der Waals surface area contributed by atoms with Crippen molar-refractivity contribution in [2.24, 2.45) is 5.10 Å². The van der Waals surface area contributed by atoms with Crippen LogP contribution in [0.4, 0.5) is 10.1 Å². The molecule has 0 aliphatic heterocycles. The zero-order valence-electron chi connectivity index (χ0n) is 8.90. The van der Waals surface area contributed by atoms with Gasteiger partial charge in [0.2, 0.25) is 0 Å². The highest BCUT2D eigenvalue weighted by Crippen LogP contribution is 2.14. The summed E-state index contributed by atoms with van der Waals surface area (Å²) in [6.07, 6.45) is 1.61. The zero-order valence-corrected chi connectivity index (χ0v) is 9.66. The number of benzene rings is 2. The van der Waals surface area contributed by atoms with Crippen molar-refractivity contribution < 1.29 is 4.39 Å². The van der Waals surface area contributed by atoms with E-state index < -0.39 is 0 Å². The van der Waals surface area contributed by atoms with Gasteiger partial charge < -0.3 is 0 Å². The fraction of sp³-hybridized carbons (Fsp3) is 0. The molecular weight excluding hydrogens is 239 g/mol. The first kappa shape index (κ1) is 11.6. The van der Waals surface area contributed by atoms with Crippen molar-refractivity contribution in [2.75, 3.05) is 5.43 Å². The second-order valence-electron chi connectivity index (χ2n) is 3.43. The highest BCUT2D eigenvalue weighted by atomic mass is 35.5. The van der Waals surface area contributed by atoms with Gasteiger partial charge >= 0.3 is 0 Å². The first-order chi connectivity index (χ1) is 8.24. The summed E-state index contributed by atoms with van der Waals surface area (Å²) in [7, 11) is 0. The Kier molecular flexibility index (Phi) is 3.73. The average Bonchev–Trinajstić information content (AvgIpc) is 2.32. The standard InChI is InChI=1S/C13H10ClFN2/c14-11-2-1-3-13(8-11)17-16-9-10-4-6-12(15)7-5-10/h1-9,17H/b16-9-. The van der Waals surface area contributed by atoms with E-state index in [0.717, 1.165) is 11.3 Å². The van der Waals surface area contributed by atoms with Crippen LogP contribution in [0.2, 0.25) is 5.02 Å². The third-order valence-electron chi connectivity index (χ3n) is 2.10. The van der Waals surface area contributed by atoms with E-state index in [0.29, 0.717) is 5.02 Å². The summed E-state index contributed by atoms with van der Waals surface area (Å²) < 4.78 is 12.6. The maximum Gasteiger partial charge on any atom is 0.123 e. The lowest BCUT2D eigenvalue weighted by atomic mass is 10.2. The molecule has 2 aromatic rings. The number of anilines is 1. The van der Waals surface area contributed by atoms with Crippen molar-refractivity contribution in [2.45, 2.75) is 0 Å². The van der Waals surface area contributed by atoms with Crippen LogP contribution >= 0.6 is 11.6 Å². The molecule has 1 N–H and O–H groups in total. The summed E-state index contributed by atoms with van der Waals surface area (Å²) in [5.41, 5.74) is 4.46. The van der Waals surface area contributed by atoms with Gasteiger partial charge in [0.15, 0.2) is 0 Å². The van der Waals surface area contributed by atoms with Crippen LogP contribution < -0.4 is 5.43 Å². The molecule has 0 amide bonds. The third-order valence-corrected chi connectivity index (χ3v) is 2.34. The number of halogens is 2. The van der Waals surface area contributed by atoms with E-state index in [4.69, 9.17) is 11.6 Å². The summed E-state index contributed by atoms with van der Waals surface area (Å²) in [6.45, 7) is 0. The van der Waals surface area contributed by atoms with Gasteiger partial charge in [0.25, 0.3) is 0 Å². The van der Waals surface area contributed by atoms with Gasteiger partial charge in [-0.2, -0.15) is 5.10 Å². The van der Waals surface area contributed by atoms with Gasteiger partial charge in [0.1, 0.15) is 5.82 Å². The Hall–Kier alpha value is -1.87. The molecule has 0 heterocycles. The van der Waals surface area contributed by atoms with Crippen LogP contribution in [-0.4, -0.2) is 6.21 Å². The predicted octanol–water partition coefficient (Wildman–Crippen LogP) is 3.93. The topological polar surface area (TPSA) is 24.4 Å². The lowest BCUT2D eigenvalue weighted by Crippen LogP contribution is -1.90. The average molecular weight is 249 g/mol. The minimum absolute atomic E-state index is 0.259. The molecule has 0 aromatic heterocycles. The Balaban J connectivity index is 2.00. The summed E-state index contributed by atoms with van der Waals surface area (Å²) in [5.74, 6) is -0.259. The van der Waals surface area contributed by atoms with E-state index in [-0.39, 0.29) is 5.82 Å². The molecule has 86 valence electrons. The van der Waals surface area contributed by atoms with Crippen LogP contribution in [0.1, 0.15) is 5.56 Å². The third kappa shape index (κ3) is 3.57. The van der Waals surface area contributed by atoms with Gasteiger partial charge in [-0.05, 0) is 35.9 Å². The maximum absolute atomic E-state index is 12.6. The molecule has 0 spiro atoms. The monoisotopic (exact) mass is 248 g/mol. The molecule has 0 saturated heterocycles. The van der Waals surface area contributed by atoms with Crippen LogP contribution in [0.3, 0.4) is 0 Å². The number of hydrogen-bond acceptors (Lipinski definition) is 2. The highest BCUT2D eigenvalue weighted by Gasteiger charge is 1.91. The van der Waals surface area contributed by atoms with Crippen molar-refractivity contribution in [3.05, 3.63) is 64.9 Å². The molecule has 4 heteroatoms. The van der Waals surface area contributed by atoms with Crippen LogP contribution in [0.15, 0.2) is 53.6 Å². The van der Waals surface area contributed by atoms with E-state index in [1.807, 2.05) is 12.1 Å². The Bertz CT molecular complexity index is 523. The van der Waals surface area contributed by atoms with Gasteiger partial charge in [-0.1, -0.05) is 29.8 Å². The van der Waals surface area contributed by atoms with Gasteiger partial charge in [-0.25, -0.2) is 4.39 Å². The molecule has 2 nitrogen and oxygen atoms in total. The minimum atomic E-state index is -0.259. The molecule has 0 atom stereocenters. The first-order valence-electron chi connectivity index (χ1n) is 5.04. The predicted molar refractivity (Wildman–Crippen MR) is 69.1 cm³/mol. The van der Waals surface area contributed by atoms with Crippen molar-refractivity contribution in [3.8, 4) is 0 Å². The van der Waals surface area contributed by atoms with Crippen molar-refractivity contribution >= 4 is 23.5 Å². The molecule has 0 fully saturated rings. The second-order valence-corrected chi connectivity index (χ2v) is 3.87. The van der Waals surface area contributed by atoms with E-state index in [9.17, 15) is 4.39 Å². The number of hydrogen-bond donors (Lipinski definition) is 1. The smallest absolute Gasteiger partial charge is 0.123 e. The molecule has 2 rings (SSSR count). The van der Waals surface area contributed by atoms with Gasteiger partial charge in [-0.15, -0.1) is 0 Å². The van der Waals surface area contributed by atoms with Gasteiger partial charge in [0.05, 0.1) is 11.9 Å². The van der Waals surface area contributed by atoms with Crippen molar-refractivity contribution in [1.82, 2.24) is 0 Å². The SMILES string of the molecule is Fc1ccc(/C=N\Nc2cccc(Cl)c2)cc1. The van der Waals surface area contributed by atoms with E-state index >= 15 is 0 Å². The minimum Gasteiger partial charge on any atom is -0.278 e. The first-order valence-corrected chi connectivity index (χ1v) is 5.42. The molecule has 0 aliphatic rings. The Morgan fingerprint density at radius 1 is 1.12 bits per heavy atom. The zero-order chi connectivity index (χ0) is 12.1. The fourth-order valence-electron chi connectivity index (χ4n) is 1.29. The van der Waals surface area contributed by atoms with Crippen molar-refractivity contribution in [1.29, 1.82) is 0 Å². The van der Waals surface area contributed by atoms with E-state index in [1.54, 1.807) is 30.5 Å². The lowest BCUT2D eigenvalue weighted by molar-refractivity contribution is 0.628. The number of rotatable bonds is 3. The lowest BCUT2D eigenvalue weighted by Gasteiger charge is -1.99. The number of nitrogens with zero attached hydrogens (tertiary/aromatic N) is 1. The Morgan fingerprint density at radius 2 is 1.88 bits per heavy atom. The molecule has 0 unspecified atom stereocenters. The molecule has 0 bridgehead atoms. The van der Waals surface area contributed by atoms with Crippen LogP contribution in [-0.2, 0) is 0 Å². The number of nitrogens with one attached hydrogen (secondary N) is 1. The van der Waals surface area contributed by atoms with Gasteiger partial charge in [-0.3, -0.25) is 5.43 Å². The van der Waals surface area contributed by atoms with Gasteiger partial charge in [0, 0.05) is 5.02 Å². The van der Waals surface area contributed by atoms with Crippen LogP contribution in [0.5, 0.6) is 0 Å². The molecule has 17 heavy (non-hydrogen) atoms. The highest BCUT2D eigenvalue weighted by molar-refractivity contribution is 6.30. The molecule has 0 saturated carbocycles. The van der Waals surface area contributed by atoms with Crippen LogP contribution in [0, 0.1) is 5.82 Å². The summed E-state index contributed by atoms with van der Waals surface area (Å²) >= 11 is 5.82. The number of hydrazone groups is 1. The summed E-state index contributed by atoms with van der Waals surface area (Å²) in [5, 5.41) is 4.67. The molecular formula is C13H10ClFN2. The molecule has 0 aliphatic carbocycles. The van der Waals surface area contributed by atoms with E-state index in [2.05, 4.69) is 10.5 Å². The molecule has 0 radical (unpaired) electrons. The maximum atomic E-state index is 12.6. The summed E-state index contributed by atoms with van der Waals surface area (Å²) in [6, 6.07) is 13.3. The van der Waals surface area contributed by atoms with Crippen LogP contribution in [0.25, 0.3) is 0 Å².